The van der Waals surface area contributed by atoms with E-state index in [0.29, 0.717) is 0 Å². The van der Waals surface area contributed by atoms with Crippen molar-refractivity contribution in [3.8, 4) is 0 Å². The Labute approximate surface area is 161 Å². The molecule has 2 aliphatic heterocycles. The van der Waals surface area contributed by atoms with E-state index >= 15 is 0 Å². The van der Waals surface area contributed by atoms with Crippen molar-refractivity contribution in [2.45, 2.75) is 64.6 Å². The highest BCUT2D eigenvalue weighted by Crippen LogP contribution is 2.39. The maximum atomic E-state index is 12.6. The molecule has 1 aromatic heterocycles. The number of likely N-dealkylation sites (tertiary alicyclic amines) is 1. The van der Waals surface area contributed by atoms with E-state index in [9.17, 15) is 4.79 Å². The number of piperidine rings is 1. The third-order valence-electron chi connectivity index (χ3n) is 6.53. The van der Waals surface area contributed by atoms with E-state index in [2.05, 4.69) is 52.9 Å². The molecule has 1 unspecified atom stereocenters. The number of hydrogen-bond donors (Lipinski definition) is 1. The molecule has 2 aromatic rings. The fourth-order valence-corrected chi connectivity index (χ4v) is 4.80. The Bertz CT molecular complexity index is 818. The highest BCUT2D eigenvalue weighted by atomic mass is 16.2. The minimum Gasteiger partial charge on any atom is -0.350 e. The van der Waals surface area contributed by atoms with Crippen molar-refractivity contribution >= 4 is 5.91 Å². The van der Waals surface area contributed by atoms with Gasteiger partial charge in [-0.25, -0.2) is 0 Å². The highest BCUT2D eigenvalue weighted by molar-refractivity contribution is 5.87. The van der Waals surface area contributed by atoms with Crippen molar-refractivity contribution in [1.29, 1.82) is 0 Å². The number of nitrogens with zero attached hydrogens (tertiary/aromatic N) is 3. The summed E-state index contributed by atoms with van der Waals surface area (Å²) in [6.45, 7) is 10.4. The number of carbonyl (C=O) groups is 1. The molecule has 5 nitrogen and oxygen atoms in total. The summed E-state index contributed by atoms with van der Waals surface area (Å²) in [7, 11) is 0. The van der Waals surface area contributed by atoms with Gasteiger partial charge in [0.25, 0.3) is 0 Å². The lowest BCUT2D eigenvalue weighted by atomic mass is 9.82. The summed E-state index contributed by atoms with van der Waals surface area (Å²) in [6.07, 6.45) is 2.99. The molecule has 4 rings (SSSR count). The summed E-state index contributed by atoms with van der Waals surface area (Å²) < 4.78 is 2.09. The molecule has 0 aliphatic carbocycles. The lowest BCUT2D eigenvalue weighted by Crippen LogP contribution is -2.50. The summed E-state index contributed by atoms with van der Waals surface area (Å²) in [5.74, 6) is 0.204. The van der Waals surface area contributed by atoms with Crippen molar-refractivity contribution < 1.29 is 4.79 Å². The molecule has 1 aromatic carbocycles. The van der Waals surface area contributed by atoms with E-state index in [1.807, 2.05) is 18.2 Å². The Morgan fingerprint density at radius 3 is 2.52 bits per heavy atom. The first-order chi connectivity index (χ1) is 13.0. The van der Waals surface area contributed by atoms with Crippen LogP contribution in [0.25, 0.3) is 0 Å². The molecular weight excluding hydrogens is 336 g/mol. The van der Waals surface area contributed by atoms with E-state index in [4.69, 9.17) is 0 Å². The molecule has 2 fully saturated rings. The first-order valence-corrected chi connectivity index (χ1v) is 10.1. The van der Waals surface area contributed by atoms with Gasteiger partial charge in [-0.15, -0.1) is 0 Å². The van der Waals surface area contributed by atoms with Gasteiger partial charge in [-0.1, -0.05) is 30.3 Å². The van der Waals surface area contributed by atoms with Crippen LogP contribution < -0.4 is 5.32 Å². The first-order valence-electron chi connectivity index (χ1n) is 10.1. The van der Waals surface area contributed by atoms with Gasteiger partial charge in [0.1, 0.15) is 0 Å². The smallest absolute Gasteiger partial charge is 0.228 e. The second kappa shape index (κ2) is 7.12. The fourth-order valence-electron chi connectivity index (χ4n) is 4.80. The second-order valence-corrected chi connectivity index (χ2v) is 8.18. The van der Waals surface area contributed by atoms with E-state index in [-0.39, 0.29) is 17.4 Å². The van der Waals surface area contributed by atoms with Crippen LogP contribution >= 0.6 is 0 Å². The predicted octanol–water partition coefficient (Wildman–Crippen LogP) is 3.16. The number of rotatable bonds is 4. The molecule has 0 saturated carbocycles. The van der Waals surface area contributed by atoms with Crippen LogP contribution in [0, 0.1) is 13.8 Å². The van der Waals surface area contributed by atoms with Gasteiger partial charge in [0.05, 0.1) is 11.6 Å². The number of hydrogen-bond acceptors (Lipinski definition) is 3. The van der Waals surface area contributed by atoms with Crippen LogP contribution in [0.1, 0.15) is 54.6 Å². The van der Waals surface area contributed by atoms with Crippen LogP contribution in [0.2, 0.25) is 0 Å². The zero-order chi connectivity index (χ0) is 19.0. The van der Waals surface area contributed by atoms with Gasteiger partial charge in [-0.2, -0.15) is 5.10 Å². The molecule has 1 spiro atoms. The normalized spacial score (nSPS) is 22.3. The third-order valence-corrected chi connectivity index (χ3v) is 6.53. The Morgan fingerprint density at radius 2 is 1.89 bits per heavy atom. The molecule has 144 valence electrons. The zero-order valence-electron chi connectivity index (χ0n) is 16.7. The average molecular weight is 367 g/mol. The first kappa shape index (κ1) is 18.2. The van der Waals surface area contributed by atoms with E-state index < -0.39 is 0 Å². The van der Waals surface area contributed by atoms with Gasteiger partial charge in [0.2, 0.25) is 5.91 Å². The molecule has 1 atom stereocenters. The van der Waals surface area contributed by atoms with Crippen LogP contribution in [0.3, 0.4) is 0 Å². The number of amides is 1. The lowest BCUT2D eigenvalue weighted by Gasteiger charge is -2.39. The molecule has 27 heavy (non-hydrogen) atoms. The number of aryl methyl sites for hydroxylation is 2. The molecule has 2 aliphatic rings. The SMILES string of the molecule is CCn1nc(C)c(CN2CCC3(CC2)CC(c2ccccc2)C(=O)N3)c1C. The predicted molar refractivity (Wildman–Crippen MR) is 107 cm³/mol. The van der Waals surface area contributed by atoms with Crippen molar-refractivity contribution in [1.82, 2.24) is 20.0 Å². The molecular formula is C22H30N4O. The molecule has 0 bridgehead atoms. The standard InChI is InChI=1S/C22H30N4O/c1-4-26-17(3)20(16(2)24-26)15-25-12-10-22(11-13-25)14-19(21(27)23-22)18-8-6-5-7-9-18/h5-9,19H,4,10-15H2,1-3H3,(H,23,27). The fraction of sp³-hybridized carbons (Fsp3) is 0.545. The maximum absolute atomic E-state index is 12.6. The largest absolute Gasteiger partial charge is 0.350 e. The van der Waals surface area contributed by atoms with E-state index in [1.165, 1.54) is 11.3 Å². The third kappa shape index (κ3) is 3.41. The number of carbonyl (C=O) groups excluding carboxylic acids is 1. The Kier molecular flexibility index (Phi) is 4.81. The second-order valence-electron chi connectivity index (χ2n) is 8.18. The number of benzene rings is 1. The average Bonchev–Trinajstić information content (AvgIpc) is 3.15. The van der Waals surface area contributed by atoms with Crippen molar-refractivity contribution in [3.05, 3.63) is 52.8 Å². The molecule has 2 saturated heterocycles. The molecule has 0 radical (unpaired) electrons. The van der Waals surface area contributed by atoms with Crippen LogP contribution in [-0.2, 0) is 17.9 Å². The summed E-state index contributed by atoms with van der Waals surface area (Å²) in [6, 6.07) is 10.2. The van der Waals surface area contributed by atoms with Crippen molar-refractivity contribution in [3.63, 3.8) is 0 Å². The summed E-state index contributed by atoms with van der Waals surface area (Å²) >= 11 is 0. The molecule has 3 heterocycles. The lowest BCUT2D eigenvalue weighted by molar-refractivity contribution is -0.121. The van der Waals surface area contributed by atoms with Crippen LogP contribution in [0.4, 0.5) is 0 Å². The Balaban J connectivity index is 1.41. The van der Waals surface area contributed by atoms with Crippen LogP contribution in [0.15, 0.2) is 30.3 Å². The zero-order valence-corrected chi connectivity index (χ0v) is 16.7. The van der Waals surface area contributed by atoms with Crippen molar-refractivity contribution in [2.24, 2.45) is 0 Å². The van der Waals surface area contributed by atoms with Crippen LogP contribution in [-0.4, -0.2) is 39.2 Å². The minimum absolute atomic E-state index is 0.00465. The summed E-state index contributed by atoms with van der Waals surface area (Å²) in [4.78, 5) is 15.1. The summed E-state index contributed by atoms with van der Waals surface area (Å²) in [5, 5.41) is 8.01. The van der Waals surface area contributed by atoms with Gasteiger partial charge in [-0.3, -0.25) is 14.4 Å². The van der Waals surface area contributed by atoms with Gasteiger partial charge in [0, 0.05) is 43.0 Å². The van der Waals surface area contributed by atoms with Crippen LogP contribution in [0.5, 0.6) is 0 Å². The number of aromatic nitrogens is 2. The van der Waals surface area contributed by atoms with Gasteiger partial charge >= 0.3 is 0 Å². The van der Waals surface area contributed by atoms with Gasteiger partial charge < -0.3 is 5.32 Å². The van der Waals surface area contributed by atoms with E-state index in [0.717, 1.165) is 56.7 Å². The number of nitrogens with one attached hydrogen (secondary N) is 1. The summed E-state index contributed by atoms with van der Waals surface area (Å²) in [5.41, 5.74) is 4.92. The van der Waals surface area contributed by atoms with E-state index in [1.54, 1.807) is 0 Å². The highest BCUT2D eigenvalue weighted by Gasteiger charge is 2.46. The van der Waals surface area contributed by atoms with Gasteiger partial charge in [-0.05, 0) is 45.6 Å². The van der Waals surface area contributed by atoms with Crippen molar-refractivity contribution in [2.75, 3.05) is 13.1 Å². The van der Waals surface area contributed by atoms with Gasteiger partial charge in [0.15, 0.2) is 0 Å². The Hall–Kier alpha value is -2.14. The molecule has 1 amide bonds. The topological polar surface area (TPSA) is 50.2 Å². The minimum atomic E-state index is -0.0220. The molecule has 1 N–H and O–H groups in total. The molecule has 5 heteroatoms. The quantitative estimate of drug-likeness (QED) is 0.904. The maximum Gasteiger partial charge on any atom is 0.228 e. The monoisotopic (exact) mass is 366 g/mol. The Morgan fingerprint density at radius 1 is 1.19 bits per heavy atom.